The molecule has 0 atom stereocenters. The van der Waals surface area contributed by atoms with Gasteiger partial charge in [-0.25, -0.2) is 4.79 Å². The Labute approximate surface area is 67.2 Å². The van der Waals surface area contributed by atoms with Crippen molar-refractivity contribution in [3.63, 3.8) is 0 Å². The quantitative estimate of drug-likeness (QED) is 0.539. The second-order valence-electron chi connectivity index (χ2n) is 3.65. The Kier molecular flexibility index (Phi) is 2.03. The van der Waals surface area contributed by atoms with E-state index in [-0.39, 0.29) is 11.4 Å². The zero-order valence-electron chi connectivity index (χ0n) is 7.31. The molecule has 0 saturated carbocycles. The van der Waals surface area contributed by atoms with Crippen LogP contribution in [0.2, 0.25) is 0 Å². The second-order valence-corrected chi connectivity index (χ2v) is 3.65. The summed E-state index contributed by atoms with van der Waals surface area (Å²) in [6.07, 6.45) is 3.93. The highest BCUT2D eigenvalue weighted by atomic mass is 16.5. The van der Waals surface area contributed by atoms with Crippen LogP contribution in [-0.2, 0) is 9.53 Å². The Hall–Kier alpha value is -0.790. The van der Waals surface area contributed by atoms with Gasteiger partial charge in [-0.3, -0.25) is 0 Å². The molecule has 0 radical (unpaired) electrons. The van der Waals surface area contributed by atoms with Crippen LogP contribution in [0.3, 0.4) is 0 Å². The van der Waals surface area contributed by atoms with Crippen molar-refractivity contribution in [3.05, 3.63) is 11.6 Å². The maximum atomic E-state index is 11.0. The third-order valence-corrected chi connectivity index (χ3v) is 2.05. The fourth-order valence-corrected chi connectivity index (χ4v) is 1.36. The first kappa shape index (κ1) is 8.31. The molecule has 1 aliphatic carbocycles. The second kappa shape index (κ2) is 2.68. The van der Waals surface area contributed by atoms with Crippen molar-refractivity contribution >= 4 is 5.97 Å². The fraction of sp³-hybridized carbons (Fsp3) is 0.667. The molecule has 2 nitrogen and oxygen atoms in total. The van der Waals surface area contributed by atoms with E-state index in [1.54, 1.807) is 0 Å². The van der Waals surface area contributed by atoms with Gasteiger partial charge < -0.3 is 4.74 Å². The van der Waals surface area contributed by atoms with Gasteiger partial charge >= 0.3 is 5.97 Å². The van der Waals surface area contributed by atoms with Crippen LogP contribution in [0.15, 0.2) is 11.6 Å². The molecule has 62 valence electrons. The smallest absolute Gasteiger partial charge is 0.333 e. The monoisotopic (exact) mass is 154 g/mol. The number of allylic oxidation sites excluding steroid dienone is 1. The minimum Gasteiger partial charge on any atom is -0.466 e. The van der Waals surface area contributed by atoms with Crippen molar-refractivity contribution in [2.75, 3.05) is 7.11 Å². The van der Waals surface area contributed by atoms with Crippen LogP contribution in [0.4, 0.5) is 0 Å². The summed E-state index contributed by atoms with van der Waals surface area (Å²) in [5, 5.41) is 0. The van der Waals surface area contributed by atoms with Gasteiger partial charge in [-0.05, 0) is 18.3 Å². The lowest BCUT2D eigenvalue weighted by molar-refractivity contribution is -0.136. The molecular formula is C9H14O2. The first-order chi connectivity index (χ1) is 5.05. The Morgan fingerprint density at radius 2 is 2.27 bits per heavy atom. The average Bonchev–Trinajstić information content (AvgIpc) is 2.29. The molecule has 0 spiro atoms. The molecule has 0 unspecified atom stereocenters. The standard InChI is InChI=1S/C9H14O2/c1-9(2)5-4-7(6-9)8(10)11-3/h6H,4-5H2,1-3H3. The highest BCUT2D eigenvalue weighted by molar-refractivity contribution is 5.89. The van der Waals surface area contributed by atoms with E-state index < -0.39 is 0 Å². The molecule has 0 heterocycles. The van der Waals surface area contributed by atoms with Gasteiger partial charge in [0.25, 0.3) is 0 Å². The van der Waals surface area contributed by atoms with Crippen LogP contribution in [-0.4, -0.2) is 13.1 Å². The Balaban J connectivity index is 2.70. The molecule has 2 heteroatoms. The molecule has 0 aliphatic heterocycles. The number of ether oxygens (including phenoxy) is 1. The lowest BCUT2D eigenvalue weighted by Gasteiger charge is -2.11. The largest absolute Gasteiger partial charge is 0.466 e. The molecule has 1 aliphatic rings. The van der Waals surface area contributed by atoms with Crippen LogP contribution in [0, 0.1) is 5.41 Å². The minimum atomic E-state index is -0.171. The van der Waals surface area contributed by atoms with Crippen molar-refractivity contribution in [1.29, 1.82) is 0 Å². The topological polar surface area (TPSA) is 26.3 Å². The molecule has 11 heavy (non-hydrogen) atoms. The fourth-order valence-electron chi connectivity index (χ4n) is 1.36. The van der Waals surface area contributed by atoms with Crippen LogP contribution in [0.1, 0.15) is 26.7 Å². The van der Waals surface area contributed by atoms with E-state index in [9.17, 15) is 4.79 Å². The van der Waals surface area contributed by atoms with E-state index in [1.165, 1.54) is 7.11 Å². The molecule has 0 amide bonds. The predicted molar refractivity (Wildman–Crippen MR) is 43.1 cm³/mol. The van der Waals surface area contributed by atoms with E-state index in [2.05, 4.69) is 18.6 Å². The van der Waals surface area contributed by atoms with E-state index in [0.717, 1.165) is 18.4 Å². The summed E-state index contributed by atoms with van der Waals surface area (Å²) in [5.41, 5.74) is 1.02. The van der Waals surface area contributed by atoms with Crippen LogP contribution in [0.5, 0.6) is 0 Å². The average molecular weight is 154 g/mol. The number of esters is 1. The van der Waals surface area contributed by atoms with Gasteiger partial charge in [0.1, 0.15) is 0 Å². The van der Waals surface area contributed by atoms with Gasteiger partial charge in [0.2, 0.25) is 0 Å². The van der Waals surface area contributed by atoms with Gasteiger partial charge in [-0.15, -0.1) is 0 Å². The number of carbonyl (C=O) groups is 1. The number of hydrogen-bond donors (Lipinski definition) is 0. The predicted octanol–water partition coefficient (Wildman–Crippen LogP) is 1.91. The molecule has 0 saturated heterocycles. The number of rotatable bonds is 1. The molecule has 0 fully saturated rings. The van der Waals surface area contributed by atoms with Crippen molar-refractivity contribution < 1.29 is 9.53 Å². The number of carbonyl (C=O) groups excluding carboxylic acids is 1. The maximum Gasteiger partial charge on any atom is 0.333 e. The van der Waals surface area contributed by atoms with E-state index in [4.69, 9.17) is 0 Å². The molecule has 0 aromatic carbocycles. The lowest BCUT2D eigenvalue weighted by atomic mass is 9.94. The summed E-state index contributed by atoms with van der Waals surface area (Å²) < 4.78 is 4.62. The molecular weight excluding hydrogens is 140 g/mol. The molecule has 1 rings (SSSR count). The third-order valence-electron chi connectivity index (χ3n) is 2.05. The first-order valence-corrected chi connectivity index (χ1v) is 3.85. The molecule has 0 aromatic heterocycles. The van der Waals surface area contributed by atoms with Crippen molar-refractivity contribution in [1.82, 2.24) is 0 Å². The SMILES string of the molecule is COC(=O)C1=CC(C)(C)CC1. The Morgan fingerprint density at radius 1 is 1.64 bits per heavy atom. The van der Waals surface area contributed by atoms with E-state index >= 15 is 0 Å². The van der Waals surface area contributed by atoms with Crippen molar-refractivity contribution in [2.24, 2.45) is 5.41 Å². The summed E-state index contributed by atoms with van der Waals surface area (Å²) in [5.74, 6) is -0.171. The Morgan fingerprint density at radius 3 is 2.64 bits per heavy atom. The van der Waals surface area contributed by atoms with Crippen LogP contribution >= 0.6 is 0 Å². The molecule has 0 N–H and O–H groups in total. The summed E-state index contributed by atoms with van der Waals surface area (Å²) >= 11 is 0. The van der Waals surface area contributed by atoms with Gasteiger partial charge in [0.15, 0.2) is 0 Å². The molecule has 0 aromatic rings. The van der Waals surface area contributed by atoms with Crippen molar-refractivity contribution in [3.8, 4) is 0 Å². The Bertz CT molecular complexity index is 202. The van der Waals surface area contributed by atoms with E-state index in [0.29, 0.717) is 0 Å². The number of hydrogen-bond acceptors (Lipinski definition) is 2. The summed E-state index contributed by atoms with van der Waals surface area (Å²) in [7, 11) is 1.43. The normalized spacial score (nSPS) is 21.2. The molecule has 0 bridgehead atoms. The van der Waals surface area contributed by atoms with Crippen molar-refractivity contribution in [2.45, 2.75) is 26.7 Å². The zero-order valence-corrected chi connectivity index (χ0v) is 7.31. The maximum absolute atomic E-state index is 11.0. The van der Waals surface area contributed by atoms with Crippen LogP contribution in [0.25, 0.3) is 0 Å². The first-order valence-electron chi connectivity index (χ1n) is 3.85. The highest BCUT2D eigenvalue weighted by Gasteiger charge is 2.26. The summed E-state index contributed by atoms with van der Waals surface area (Å²) in [4.78, 5) is 11.0. The third kappa shape index (κ3) is 1.82. The zero-order chi connectivity index (χ0) is 8.48. The van der Waals surface area contributed by atoms with Gasteiger partial charge in [-0.1, -0.05) is 19.9 Å². The highest BCUT2D eigenvalue weighted by Crippen LogP contribution is 2.35. The van der Waals surface area contributed by atoms with E-state index in [1.807, 2.05) is 6.08 Å². The summed E-state index contributed by atoms with van der Waals surface area (Å²) in [6.45, 7) is 4.26. The van der Waals surface area contributed by atoms with Gasteiger partial charge in [0.05, 0.1) is 7.11 Å². The minimum absolute atomic E-state index is 0.171. The van der Waals surface area contributed by atoms with Gasteiger partial charge in [0, 0.05) is 5.57 Å². The van der Waals surface area contributed by atoms with Gasteiger partial charge in [-0.2, -0.15) is 0 Å². The van der Waals surface area contributed by atoms with Crippen LogP contribution < -0.4 is 0 Å². The summed E-state index contributed by atoms with van der Waals surface area (Å²) in [6, 6.07) is 0. The number of methoxy groups -OCH3 is 1. The lowest BCUT2D eigenvalue weighted by Crippen LogP contribution is -2.02.